The third-order valence-corrected chi connectivity index (χ3v) is 6.80. The Hall–Kier alpha value is -2.70. The number of amides is 2. The molecular formula is C21H20F3N3O4S2. The molecule has 176 valence electrons. The van der Waals surface area contributed by atoms with E-state index in [4.69, 9.17) is 21.7 Å². The molecular weight excluding hydrogens is 479 g/mol. The minimum Gasteiger partial charge on any atom is -0.454 e. The average molecular weight is 500 g/mol. The normalized spacial score (nSPS) is 19.0. The minimum absolute atomic E-state index is 0.0952. The minimum atomic E-state index is -4.56. The van der Waals surface area contributed by atoms with Crippen LogP contribution < -0.4 is 14.8 Å². The Kier molecular flexibility index (Phi) is 6.10. The van der Waals surface area contributed by atoms with E-state index in [0.717, 1.165) is 17.7 Å². The summed E-state index contributed by atoms with van der Waals surface area (Å²) >= 11 is 6.81. The zero-order chi connectivity index (χ0) is 24.0. The fraction of sp³-hybridized carbons (Fsp3) is 0.333. The summed E-state index contributed by atoms with van der Waals surface area (Å²) in [6.07, 6.45) is -5.44. The Morgan fingerprint density at radius 3 is 2.73 bits per heavy atom. The van der Waals surface area contributed by atoms with Crippen LogP contribution >= 0.6 is 24.0 Å². The zero-order valence-electron chi connectivity index (χ0n) is 17.5. The van der Waals surface area contributed by atoms with Gasteiger partial charge in [-0.3, -0.25) is 5.21 Å². The fourth-order valence-electron chi connectivity index (χ4n) is 3.69. The first-order chi connectivity index (χ1) is 15.5. The second-order valence-electron chi connectivity index (χ2n) is 8.01. The summed E-state index contributed by atoms with van der Waals surface area (Å²) < 4.78 is 49.4. The van der Waals surface area contributed by atoms with E-state index in [2.05, 4.69) is 5.32 Å². The highest BCUT2D eigenvalue weighted by atomic mass is 32.2. The lowest BCUT2D eigenvalue weighted by Gasteiger charge is -2.37. The van der Waals surface area contributed by atoms with Crippen LogP contribution in [0, 0.1) is 0 Å². The highest BCUT2D eigenvalue weighted by Gasteiger charge is 2.49. The molecule has 0 aromatic heterocycles. The molecule has 0 unspecified atom stereocenters. The van der Waals surface area contributed by atoms with E-state index >= 15 is 0 Å². The molecule has 33 heavy (non-hydrogen) atoms. The van der Waals surface area contributed by atoms with Gasteiger partial charge in [0.25, 0.3) is 0 Å². The van der Waals surface area contributed by atoms with Crippen molar-refractivity contribution in [3.63, 3.8) is 0 Å². The van der Waals surface area contributed by atoms with Gasteiger partial charge in [0.1, 0.15) is 10.5 Å². The molecule has 0 aliphatic carbocycles. The molecule has 2 aliphatic rings. The fourth-order valence-corrected chi connectivity index (χ4v) is 5.56. The summed E-state index contributed by atoms with van der Waals surface area (Å²) in [5.74, 6) is 1.21. The summed E-state index contributed by atoms with van der Waals surface area (Å²) in [6.45, 7) is 4.03. The third kappa shape index (κ3) is 4.82. The van der Waals surface area contributed by atoms with Crippen LogP contribution in [-0.2, 0) is 12.7 Å². The number of hydrogen-bond donors (Lipinski definition) is 2. The van der Waals surface area contributed by atoms with E-state index in [1.54, 1.807) is 17.0 Å². The molecule has 0 radical (unpaired) electrons. The first-order valence-electron chi connectivity index (χ1n) is 9.80. The molecule has 7 nitrogen and oxygen atoms in total. The molecule has 2 aliphatic heterocycles. The van der Waals surface area contributed by atoms with Crippen LogP contribution in [0.25, 0.3) is 0 Å². The number of nitrogens with zero attached hydrogens (tertiary/aromatic N) is 2. The van der Waals surface area contributed by atoms with Gasteiger partial charge in [-0.2, -0.15) is 18.2 Å². The number of ether oxygens (including phenoxy) is 2. The van der Waals surface area contributed by atoms with Gasteiger partial charge in [0.05, 0.1) is 10.3 Å². The predicted octanol–water partition coefficient (Wildman–Crippen LogP) is 5.30. The van der Waals surface area contributed by atoms with Crippen LogP contribution in [0.3, 0.4) is 0 Å². The first kappa shape index (κ1) is 23.5. The Balaban J connectivity index is 1.54. The van der Waals surface area contributed by atoms with Gasteiger partial charge in [-0.25, -0.2) is 4.79 Å². The van der Waals surface area contributed by atoms with Crippen molar-refractivity contribution in [2.45, 2.75) is 37.5 Å². The number of thioether (sulfide) groups is 1. The van der Waals surface area contributed by atoms with Gasteiger partial charge in [-0.05, 0) is 49.7 Å². The Bertz CT molecular complexity index is 1100. The number of benzene rings is 2. The molecule has 2 aromatic rings. The number of urea groups is 1. The van der Waals surface area contributed by atoms with E-state index in [1.807, 2.05) is 19.9 Å². The number of anilines is 1. The number of carbonyl (C=O) groups is 1. The van der Waals surface area contributed by atoms with Crippen molar-refractivity contribution in [3.8, 4) is 11.5 Å². The molecule has 0 spiro atoms. The van der Waals surface area contributed by atoms with Gasteiger partial charge in [-0.15, -0.1) is 0 Å². The van der Waals surface area contributed by atoms with Gasteiger partial charge in [0.15, 0.2) is 11.5 Å². The highest BCUT2D eigenvalue weighted by molar-refractivity contribution is 8.24. The van der Waals surface area contributed by atoms with Crippen molar-refractivity contribution in [3.05, 3.63) is 53.6 Å². The maximum atomic E-state index is 13.0. The van der Waals surface area contributed by atoms with Crippen molar-refractivity contribution in [2.75, 3.05) is 12.1 Å². The number of nitrogens with one attached hydrogen (secondary N) is 1. The number of halogens is 3. The second-order valence-corrected chi connectivity index (χ2v) is 10.3. The number of alkyl halides is 3. The highest BCUT2D eigenvalue weighted by Crippen LogP contribution is 2.44. The van der Waals surface area contributed by atoms with Crippen LogP contribution in [-0.4, -0.2) is 43.2 Å². The number of hydroxylamine groups is 2. The lowest BCUT2D eigenvalue weighted by atomic mass is 10.1. The molecule has 1 fully saturated rings. The second kappa shape index (κ2) is 8.58. The van der Waals surface area contributed by atoms with Crippen LogP contribution in [0.2, 0.25) is 0 Å². The molecule has 2 N–H and O–H groups in total. The molecule has 12 heteroatoms. The number of rotatable bonds is 4. The number of carbonyl (C=O) groups excluding carboxylic acids is 1. The third-order valence-electron chi connectivity index (χ3n) is 5.17. The molecule has 1 saturated heterocycles. The molecule has 0 bridgehead atoms. The molecule has 1 atom stereocenters. The molecule has 4 rings (SSSR count). The van der Waals surface area contributed by atoms with Crippen molar-refractivity contribution in [1.29, 1.82) is 0 Å². The summed E-state index contributed by atoms with van der Waals surface area (Å²) in [5.41, 5.74) is -0.189. The van der Waals surface area contributed by atoms with Gasteiger partial charge in [0.2, 0.25) is 6.79 Å². The van der Waals surface area contributed by atoms with Crippen molar-refractivity contribution in [1.82, 2.24) is 9.96 Å². The summed E-state index contributed by atoms with van der Waals surface area (Å²) in [7, 11) is 0. The monoisotopic (exact) mass is 499 g/mol. The molecule has 2 aromatic carbocycles. The van der Waals surface area contributed by atoms with Crippen LogP contribution in [0.4, 0.5) is 23.7 Å². The molecule has 0 saturated carbocycles. The van der Waals surface area contributed by atoms with Crippen molar-refractivity contribution < 1.29 is 32.6 Å². The predicted molar refractivity (Wildman–Crippen MR) is 120 cm³/mol. The standard InChI is InChI=1S/C21H20F3N3O4S2/c1-20(2)17(27(29)18(28)25-14-5-3-4-13(9-14)21(22,23)24)26(19(32)33-20)10-12-6-7-15-16(8-12)31-11-30-15/h3-9,17,29H,10-11H2,1-2H3,(H,25,28)/t17-/m0/s1. The van der Waals surface area contributed by atoms with Gasteiger partial charge in [-0.1, -0.05) is 36.1 Å². The SMILES string of the molecule is CC1(C)SC(=S)N(Cc2ccc3c(c2)OCO3)[C@H]1N(O)C(=O)Nc1cccc(C(F)(F)F)c1. The van der Waals surface area contributed by atoms with E-state index in [-0.39, 0.29) is 19.0 Å². The smallest absolute Gasteiger partial charge is 0.416 e. The maximum Gasteiger partial charge on any atom is 0.416 e. The topological polar surface area (TPSA) is 74.3 Å². The number of hydrogen-bond acceptors (Lipinski definition) is 6. The van der Waals surface area contributed by atoms with E-state index < -0.39 is 28.7 Å². The summed E-state index contributed by atoms with van der Waals surface area (Å²) in [5, 5.41) is 13.6. The van der Waals surface area contributed by atoms with Crippen molar-refractivity contribution in [2.24, 2.45) is 0 Å². The van der Waals surface area contributed by atoms with E-state index in [0.29, 0.717) is 20.9 Å². The Morgan fingerprint density at radius 1 is 1.27 bits per heavy atom. The molecule has 2 amide bonds. The Morgan fingerprint density at radius 2 is 2.00 bits per heavy atom. The average Bonchev–Trinajstić information content (AvgIpc) is 3.28. The summed E-state index contributed by atoms with van der Waals surface area (Å²) in [6, 6.07) is 8.59. The first-order valence-corrected chi connectivity index (χ1v) is 11.0. The number of fused-ring (bicyclic) bond motifs is 1. The van der Waals surface area contributed by atoms with Gasteiger partial charge in [0, 0.05) is 12.2 Å². The lowest BCUT2D eigenvalue weighted by Crippen LogP contribution is -2.55. The maximum absolute atomic E-state index is 13.0. The lowest BCUT2D eigenvalue weighted by molar-refractivity contribution is -0.137. The quantitative estimate of drug-likeness (QED) is 0.336. The van der Waals surface area contributed by atoms with Crippen molar-refractivity contribution >= 4 is 40.0 Å². The van der Waals surface area contributed by atoms with E-state index in [1.165, 1.54) is 23.9 Å². The molecule has 2 heterocycles. The van der Waals surface area contributed by atoms with E-state index in [9.17, 15) is 23.2 Å². The van der Waals surface area contributed by atoms with Crippen LogP contribution in [0.1, 0.15) is 25.0 Å². The zero-order valence-corrected chi connectivity index (χ0v) is 19.2. The van der Waals surface area contributed by atoms with Gasteiger partial charge < -0.3 is 19.7 Å². The van der Waals surface area contributed by atoms with Crippen LogP contribution in [0.15, 0.2) is 42.5 Å². The number of thiocarbonyl (C=S) groups is 1. The van der Waals surface area contributed by atoms with Crippen LogP contribution in [0.5, 0.6) is 11.5 Å². The largest absolute Gasteiger partial charge is 0.454 e. The van der Waals surface area contributed by atoms with Gasteiger partial charge >= 0.3 is 12.2 Å². The Labute approximate surface area is 197 Å². The summed E-state index contributed by atoms with van der Waals surface area (Å²) in [4.78, 5) is 14.5.